The summed E-state index contributed by atoms with van der Waals surface area (Å²) in [6, 6.07) is 8.45. The molecule has 23 heavy (non-hydrogen) atoms. The molecule has 0 radical (unpaired) electrons. The van der Waals surface area contributed by atoms with Crippen molar-refractivity contribution in [2.45, 2.75) is 18.9 Å². The lowest BCUT2D eigenvalue weighted by Gasteiger charge is -2.23. The van der Waals surface area contributed by atoms with Crippen LogP contribution in [0, 0.1) is 0 Å². The van der Waals surface area contributed by atoms with Crippen molar-refractivity contribution in [1.29, 1.82) is 0 Å². The van der Waals surface area contributed by atoms with Gasteiger partial charge in [0.2, 0.25) is 11.8 Å². The fraction of sp³-hybridized carbons (Fsp3) is 0.312. The van der Waals surface area contributed by atoms with Gasteiger partial charge in [0.15, 0.2) is 0 Å². The van der Waals surface area contributed by atoms with E-state index in [-0.39, 0.29) is 12.2 Å². The van der Waals surface area contributed by atoms with Crippen LogP contribution in [0.4, 0.5) is 0 Å². The van der Waals surface area contributed by atoms with Gasteiger partial charge in [-0.2, -0.15) is 0 Å². The van der Waals surface area contributed by atoms with E-state index >= 15 is 0 Å². The maximum Gasteiger partial charge on any atom is 0.271 e. The van der Waals surface area contributed by atoms with Crippen LogP contribution in [-0.4, -0.2) is 41.8 Å². The Morgan fingerprint density at radius 2 is 1.96 bits per heavy atom. The number of likely N-dealkylation sites (tertiary alicyclic amines) is 1. The first kappa shape index (κ1) is 16.7. The third-order valence-electron chi connectivity index (χ3n) is 3.64. The standard InChI is InChI=1S/C16H20N4O3/c17-10-14(21)19-12(9-11-5-2-1-3-6-11)16(23)20-8-4-7-13(20)15(18)22/h1-3,5-6,9,13H,4,7-8,10,17H2,(H2,18,22)(H,19,21)/t13-/m0/s1. The number of carbonyl (C=O) groups is 3. The highest BCUT2D eigenvalue weighted by Crippen LogP contribution is 2.19. The van der Waals surface area contributed by atoms with Crippen LogP contribution in [0.1, 0.15) is 18.4 Å². The molecule has 1 atom stereocenters. The Bertz CT molecular complexity index is 627. The molecule has 7 heteroatoms. The summed E-state index contributed by atoms with van der Waals surface area (Å²) in [4.78, 5) is 37.2. The summed E-state index contributed by atoms with van der Waals surface area (Å²) in [6.45, 7) is 0.190. The van der Waals surface area contributed by atoms with Gasteiger partial charge in [-0.15, -0.1) is 0 Å². The molecular weight excluding hydrogens is 296 g/mol. The third-order valence-corrected chi connectivity index (χ3v) is 3.64. The van der Waals surface area contributed by atoms with Gasteiger partial charge in [0.25, 0.3) is 5.91 Å². The zero-order valence-corrected chi connectivity index (χ0v) is 12.7. The Labute approximate surface area is 134 Å². The van der Waals surface area contributed by atoms with Crippen molar-refractivity contribution in [2.24, 2.45) is 11.5 Å². The van der Waals surface area contributed by atoms with Gasteiger partial charge in [0, 0.05) is 6.54 Å². The Kier molecular flexibility index (Phi) is 5.48. The number of nitrogens with two attached hydrogens (primary N) is 2. The lowest BCUT2D eigenvalue weighted by molar-refractivity contribution is -0.135. The minimum absolute atomic E-state index is 0.0831. The van der Waals surface area contributed by atoms with Crippen molar-refractivity contribution in [3.63, 3.8) is 0 Å². The second-order valence-corrected chi connectivity index (χ2v) is 5.28. The van der Waals surface area contributed by atoms with Crippen LogP contribution in [0.25, 0.3) is 6.08 Å². The molecule has 0 unspecified atom stereocenters. The van der Waals surface area contributed by atoms with Crippen molar-refractivity contribution >= 4 is 23.8 Å². The van der Waals surface area contributed by atoms with Crippen LogP contribution in [0.5, 0.6) is 0 Å². The van der Waals surface area contributed by atoms with Crippen molar-refractivity contribution < 1.29 is 14.4 Å². The molecule has 7 nitrogen and oxygen atoms in total. The van der Waals surface area contributed by atoms with Crippen LogP contribution in [0.3, 0.4) is 0 Å². The van der Waals surface area contributed by atoms with Crippen LogP contribution in [-0.2, 0) is 14.4 Å². The summed E-state index contributed by atoms with van der Waals surface area (Å²) in [5.74, 6) is -1.45. The maximum atomic E-state index is 12.7. The molecule has 0 spiro atoms. The predicted molar refractivity (Wildman–Crippen MR) is 85.5 cm³/mol. The van der Waals surface area contributed by atoms with E-state index in [4.69, 9.17) is 11.5 Å². The van der Waals surface area contributed by atoms with Gasteiger partial charge in [-0.1, -0.05) is 30.3 Å². The minimum Gasteiger partial charge on any atom is -0.368 e. The number of primary amides is 1. The molecule has 1 fully saturated rings. The Morgan fingerprint density at radius 3 is 2.57 bits per heavy atom. The highest BCUT2D eigenvalue weighted by atomic mass is 16.2. The fourth-order valence-electron chi connectivity index (χ4n) is 2.53. The number of amides is 3. The minimum atomic E-state index is -0.642. The van der Waals surface area contributed by atoms with E-state index < -0.39 is 23.8 Å². The first-order chi connectivity index (χ1) is 11.0. The van der Waals surface area contributed by atoms with E-state index in [0.717, 1.165) is 5.56 Å². The number of benzene rings is 1. The van der Waals surface area contributed by atoms with Gasteiger partial charge < -0.3 is 21.7 Å². The summed E-state index contributed by atoms with van der Waals surface area (Å²) in [5.41, 5.74) is 11.5. The smallest absolute Gasteiger partial charge is 0.271 e. The van der Waals surface area contributed by atoms with E-state index in [1.54, 1.807) is 18.2 Å². The Balaban J connectivity index is 2.29. The second kappa shape index (κ2) is 7.55. The molecule has 0 bridgehead atoms. The molecule has 1 aromatic carbocycles. The monoisotopic (exact) mass is 316 g/mol. The van der Waals surface area contributed by atoms with E-state index in [0.29, 0.717) is 19.4 Å². The number of rotatable bonds is 5. The molecule has 0 aromatic heterocycles. The normalized spacial score (nSPS) is 17.9. The molecule has 1 aliphatic rings. The van der Waals surface area contributed by atoms with Gasteiger partial charge in [-0.05, 0) is 24.5 Å². The lowest BCUT2D eigenvalue weighted by atomic mass is 10.1. The molecule has 122 valence electrons. The number of carbonyl (C=O) groups excluding carboxylic acids is 3. The van der Waals surface area contributed by atoms with E-state index in [9.17, 15) is 14.4 Å². The lowest BCUT2D eigenvalue weighted by Crippen LogP contribution is -2.47. The third kappa shape index (κ3) is 4.17. The van der Waals surface area contributed by atoms with Crippen LogP contribution < -0.4 is 16.8 Å². The van der Waals surface area contributed by atoms with E-state index in [1.165, 1.54) is 4.90 Å². The molecule has 3 amide bonds. The molecule has 2 rings (SSSR count). The molecule has 1 aliphatic heterocycles. The van der Waals surface area contributed by atoms with Crippen molar-refractivity contribution in [3.8, 4) is 0 Å². The van der Waals surface area contributed by atoms with E-state index in [2.05, 4.69) is 5.32 Å². The molecule has 1 saturated heterocycles. The number of nitrogens with zero attached hydrogens (tertiary/aromatic N) is 1. The second-order valence-electron chi connectivity index (χ2n) is 5.28. The summed E-state index contributed by atoms with van der Waals surface area (Å²) in [7, 11) is 0. The molecule has 1 aromatic rings. The van der Waals surface area contributed by atoms with Crippen molar-refractivity contribution in [1.82, 2.24) is 10.2 Å². The van der Waals surface area contributed by atoms with Gasteiger partial charge in [0.05, 0.1) is 6.54 Å². The summed E-state index contributed by atoms with van der Waals surface area (Å²) in [5, 5.41) is 2.51. The van der Waals surface area contributed by atoms with Gasteiger partial charge >= 0.3 is 0 Å². The first-order valence-corrected chi connectivity index (χ1v) is 7.40. The fourth-order valence-corrected chi connectivity index (χ4v) is 2.53. The maximum absolute atomic E-state index is 12.7. The molecule has 0 saturated carbocycles. The van der Waals surface area contributed by atoms with Crippen molar-refractivity contribution in [3.05, 3.63) is 41.6 Å². The molecular formula is C16H20N4O3. The van der Waals surface area contributed by atoms with Crippen LogP contribution >= 0.6 is 0 Å². The van der Waals surface area contributed by atoms with Gasteiger partial charge in [0.1, 0.15) is 11.7 Å². The zero-order valence-electron chi connectivity index (χ0n) is 12.7. The summed E-state index contributed by atoms with van der Waals surface area (Å²) in [6.07, 6.45) is 2.79. The predicted octanol–water partition coefficient (Wildman–Crippen LogP) is -0.421. The van der Waals surface area contributed by atoms with Crippen LogP contribution in [0.15, 0.2) is 36.0 Å². The Morgan fingerprint density at radius 1 is 1.26 bits per heavy atom. The largest absolute Gasteiger partial charge is 0.368 e. The average Bonchev–Trinajstić information content (AvgIpc) is 3.04. The number of hydrogen-bond acceptors (Lipinski definition) is 4. The quantitative estimate of drug-likeness (QED) is 0.639. The highest BCUT2D eigenvalue weighted by molar-refractivity contribution is 6.03. The topological polar surface area (TPSA) is 119 Å². The molecule has 5 N–H and O–H groups in total. The average molecular weight is 316 g/mol. The summed E-state index contributed by atoms with van der Waals surface area (Å²) >= 11 is 0. The van der Waals surface area contributed by atoms with Gasteiger partial charge in [-0.3, -0.25) is 14.4 Å². The summed E-state index contributed by atoms with van der Waals surface area (Å²) < 4.78 is 0. The Hall–Kier alpha value is -2.67. The number of hydrogen-bond donors (Lipinski definition) is 3. The van der Waals surface area contributed by atoms with Gasteiger partial charge in [-0.25, -0.2) is 0 Å². The molecule has 1 heterocycles. The number of nitrogens with one attached hydrogen (secondary N) is 1. The highest BCUT2D eigenvalue weighted by Gasteiger charge is 2.34. The SMILES string of the molecule is NCC(=O)NC(=Cc1ccccc1)C(=O)N1CCC[C@H]1C(N)=O. The zero-order chi connectivity index (χ0) is 16.8. The van der Waals surface area contributed by atoms with Crippen LogP contribution in [0.2, 0.25) is 0 Å². The van der Waals surface area contributed by atoms with E-state index in [1.807, 2.05) is 18.2 Å². The first-order valence-electron chi connectivity index (χ1n) is 7.40. The van der Waals surface area contributed by atoms with Crippen molar-refractivity contribution in [2.75, 3.05) is 13.1 Å². The molecule has 0 aliphatic carbocycles.